The van der Waals surface area contributed by atoms with E-state index in [0.29, 0.717) is 25.5 Å². The van der Waals surface area contributed by atoms with E-state index in [1.807, 2.05) is 20.8 Å². The fourth-order valence-corrected chi connectivity index (χ4v) is 2.25. The maximum atomic E-state index is 13.4. The maximum absolute atomic E-state index is 13.4. The van der Waals surface area contributed by atoms with E-state index in [4.69, 9.17) is 4.74 Å². The van der Waals surface area contributed by atoms with Gasteiger partial charge in [-0.25, -0.2) is 9.37 Å². The summed E-state index contributed by atoms with van der Waals surface area (Å²) in [5.74, 6) is -0.301. The van der Waals surface area contributed by atoms with Crippen molar-refractivity contribution in [1.82, 2.24) is 9.88 Å². The number of nitrogens with one attached hydrogen (secondary N) is 1. The molecule has 1 aliphatic rings. The third-order valence-corrected chi connectivity index (χ3v) is 3.30. The predicted molar refractivity (Wildman–Crippen MR) is 74.3 cm³/mol. The van der Waals surface area contributed by atoms with Gasteiger partial charge in [0.2, 0.25) is 0 Å². The zero-order valence-corrected chi connectivity index (χ0v) is 12.0. The van der Waals surface area contributed by atoms with Crippen molar-refractivity contribution >= 4 is 11.7 Å². The first kappa shape index (κ1) is 14.7. The Morgan fingerprint density at radius 2 is 2.35 bits per heavy atom. The third-order valence-electron chi connectivity index (χ3n) is 3.30. The van der Waals surface area contributed by atoms with Gasteiger partial charge in [0, 0.05) is 13.1 Å². The zero-order chi connectivity index (χ0) is 14.7. The van der Waals surface area contributed by atoms with Crippen molar-refractivity contribution in [3.05, 3.63) is 23.6 Å². The number of carbonyl (C=O) groups is 1. The minimum Gasteiger partial charge on any atom is -0.375 e. The molecule has 0 bridgehead atoms. The summed E-state index contributed by atoms with van der Waals surface area (Å²) in [6.45, 7) is 7.35. The lowest BCUT2D eigenvalue weighted by molar-refractivity contribution is -0.0386. The van der Waals surface area contributed by atoms with E-state index >= 15 is 0 Å². The first-order chi connectivity index (χ1) is 9.52. The highest BCUT2D eigenvalue weighted by Gasteiger charge is 2.30. The second kappa shape index (κ2) is 6.17. The smallest absolute Gasteiger partial charge is 0.258 e. The van der Waals surface area contributed by atoms with Crippen LogP contribution in [0.3, 0.4) is 0 Å². The summed E-state index contributed by atoms with van der Waals surface area (Å²) in [5.41, 5.74) is 0.271. The summed E-state index contributed by atoms with van der Waals surface area (Å²) in [4.78, 5) is 18.3. The van der Waals surface area contributed by atoms with Gasteiger partial charge in [-0.05, 0) is 26.8 Å². The number of anilines is 1. The second-order valence-corrected chi connectivity index (χ2v) is 5.03. The van der Waals surface area contributed by atoms with Gasteiger partial charge in [-0.15, -0.1) is 0 Å². The minimum atomic E-state index is -0.510. The first-order valence-corrected chi connectivity index (χ1v) is 6.85. The molecule has 1 amide bonds. The number of hydrogen-bond acceptors (Lipinski definition) is 4. The maximum Gasteiger partial charge on any atom is 0.258 e. The fraction of sp³-hybridized carbons (Fsp3) is 0.571. The SMILES string of the molecule is CCNc1ncc(F)cc1C(=O)N1CC(C)OCC1C. The normalized spacial score (nSPS) is 22.7. The topological polar surface area (TPSA) is 54.5 Å². The quantitative estimate of drug-likeness (QED) is 0.919. The number of nitrogens with zero attached hydrogens (tertiary/aromatic N) is 2. The van der Waals surface area contributed by atoms with E-state index in [0.717, 1.165) is 6.20 Å². The molecule has 0 aromatic carbocycles. The molecular weight excluding hydrogens is 261 g/mol. The molecule has 5 nitrogen and oxygen atoms in total. The lowest BCUT2D eigenvalue weighted by Crippen LogP contribution is -2.50. The lowest BCUT2D eigenvalue weighted by atomic mass is 10.1. The van der Waals surface area contributed by atoms with Crippen molar-refractivity contribution < 1.29 is 13.9 Å². The molecule has 1 aromatic rings. The molecule has 6 heteroatoms. The number of aromatic nitrogens is 1. The average Bonchev–Trinajstić information content (AvgIpc) is 2.43. The predicted octanol–water partition coefficient (Wildman–Crippen LogP) is 1.90. The highest BCUT2D eigenvalue weighted by atomic mass is 19.1. The second-order valence-electron chi connectivity index (χ2n) is 5.03. The van der Waals surface area contributed by atoms with E-state index in [1.165, 1.54) is 6.07 Å². The molecule has 2 atom stereocenters. The Kier molecular flexibility index (Phi) is 4.54. The Labute approximate surface area is 118 Å². The van der Waals surface area contributed by atoms with Crippen LogP contribution in [0, 0.1) is 5.82 Å². The van der Waals surface area contributed by atoms with Gasteiger partial charge in [0.25, 0.3) is 5.91 Å². The summed E-state index contributed by atoms with van der Waals surface area (Å²) >= 11 is 0. The van der Waals surface area contributed by atoms with Crippen LogP contribution in [0.4, 0.5) is 10.2 Å². The van der Waals surface area contributed by atoms with Crippen molar-refractivity contribution in [2.45, 2.75) is 32.9 Å². The number of morpholine rings is 1. The number of amides is 1. The highest BCUT2D eigenvalue weighted by molar-refractivity contribution is 5.99. The summed E-state index contributed by atoms with van der Waals surface area (Å²) in [6.07, 6.45) is 1.10. The van der Waals surface area contributed by atoms with Crippen LogP contribution in [-0.4, -0.2) is 47.6 Å². The molecule has 2 heterocycles. The van der Waals surface area contributed by atoms with E-state index < -0.39 is 5.82 Å². The molecule has 1 fully saturated rings. The standard InChI is InChI=1S/C14H20FN3O2/c1-4-16-13-12(5-11(15)6-17-13)14(19)18-7-10(3)20-8-9(18)2/h5-6,9-10H,4,7-8H2,1-3H3,(H,16,17). The van der Waals surface area contributed by atoms with E-state index in [9.17, 15) is 9.18 Å². The molecule has 1 N–H and O–H groups in total. The molecule has 1 aromatic heterocycles. The molecule has 0 saturated carbocycles. The van der Waals surface area contributed by atoms with Crippen LogP contribution in [0.2, 0.25) is 0 Å². The molecule has 2 unspecified atom stereocenters. The molecular formula is C14H20FN3O2. The van der Waals surface area contributed by atoms with Gasteiger partial charge in [0.15, 0.2) is 0 Å². The summed E-state index contributed by atoms with van der Waals surface area (Å²) in [5, 5.41) is 2.99. The van der Waals surface area contributed by atoms with Crippen LogP contribution in [0.5, 0.6) is 0 Å². The lowest BCUT2D eigenvalue weighted by Gasteiger charge is -2.37. The minimum absolute atomic E-state index is 0.0146. The van der Waals surface area contributed by atoms with E-state index in [2.05, 4.69) is 10.3 Å². The number of halogens is 1. The molecule has 0 radical (unpaired) electrons. The first-order valence-electron chi connectivity index (χ1n) is 6.85. The van der Waals surface area contributed by atoms with Gasteiger partial charge in [-0.2, -0.15) is 0 Å². The number of carbonyl (C=O) groups excluding carboxylic acids is 1. The number of hydrogen-bond donors (Lipinski definition) is 1. The average molecular weight is 281 g/mol. The Hall–Kier alpha value is -1.69. The monoisotopic (exact) mass is 281 g/mol. The molecule has 20 heavy (non-hydrogen) atoms. The van der Waals surface area contributed by atoms with Crippen molar-refractivity contribution in [3.63, 3.8) is 0 Å². The molecule has 1 aliphatic heterocycles. The zero-order valence-electron chi connectivity index (χ0n) is 12.0. The van der Waals surface area contributed by atoms with Gasteiger partial charge in [0.1, 0.15) is 11.6 Å². The Morgan fingerprint density at radius 3 is 3.05 bits per heavy atom. The Morgan fingerprint density at radius 1 is 1.60 bits per heavy atom. The number of pyridine rings is 1. The summed E-state index contributed by atoms with van der Waals surface area (Å²) < 4.78 is 18.9. The third kappa shape index (κ3) is 3.07. The fourth-order valence-electron chi connectivity index (χ4n) is 2.25. The van der Waals surface area contributed by atoms with Crippen molar-refractivity contribution in [2.24, 2.45) is 0 Å². The van der Waals surface area contributed by atoms with Gasteiger partial charge in [-0.3, -0.25) is 4.79 Å². The van der Waals surface area contributed by atoms with Gasteiger partial charge in [0.05, 0.1) is 30.5 Å². The van der Waals surface area contributed by atoms with Gasteiger partial charge >= 0.3 is 0 Å². The van der Waals surface area contributed by atoms with Crippen molar-refractivity contribution in [1.29, 1.82) is 0 Å². The van der Waals surface area contributed by atoms with Crippen molar-refractivity contribution in [3.8, 4) is 0 Å². The van der Waals surface area contributed by atoms with Crippen LogP contribution in [0.25, 0.3) is 0 Å². The largest absolute Gasteiger partial charge is 0.375 e. The molecule has 110 valence electrons. The molecule has 2 rings (SSSR count). The molecule has 0 spiro atoms. The van der Waals surface area contributed by atoms with Crippen LogP contribution >= 0.6 is 0 Å². The molecule has 0 aliphatic carbocycles. The molecule has 1 saturated heterocycles. The van der Waals surface area contributed by atoms with Crippen molar-refractivity contribution in [2.75, 3.05) is 25.0 Å². The number of ether oxygens (including phenoxy) is 1. The Balaban J connectivity index is 2.29. The van der Waals surface area contributed by atoms with Crippen LogP contribution in [0.15, 0.2) is 12.3 Å². The highest BCUT2D eigenvalue weighted by Crippen LogP contribution is 2.20. The number of rotatable bonds is 3. The van der Waals surface area contributed by atoms with E-state index in [1.54, 1.807) is 4.90 Å². The van der Waals surface area contributed by atoms with E-state index in [-0.39, 0.29) is 23.6 Å². The van der Waals surface area contributed by atoms with Crippen LogP contribution in [0.1, 0.15) is 31.1 Å². The van der Waals surface area contributed by atoms with Crippen LogP contribution < -0.4 is 5.32 Å². The van der Waals surface area contributed by atoms with Gasteiger partial charge < -0.3 is 15.0 Å². The summed E-state index contributed by atoms with van der Waals surface area (Å²) in [6, 6.07) is 1.21. The van der Waals surface area contributed by atoms with Crippen LogP contribution in [-0.2, 0) is 4.74 Å². The Bertz CT molecular complexity index is 495. The van der Waals surface area contributed by atoms with Gasteiger partial charge in [-0.1, -0.05) is 0 Å². The summed E-state index contributed by atoms with van der Waals surface area (Å²) in [7, 11) is 0.